The van der Waals surface area contributed by atoms with Gasteiger partial charge >= 0.3 is 11.9 Å². The molecule has 0 fully saturated rings. The van der Waals surface area contributed by atoms with Gasteiger partial charge in [-0.25, -0.2) is 4.79 Å². The lowest BCUT2D eigenvalue weighted by atomic mass is 10.1. The molecule has 0 radical (unpaired) electrons. The molecule has 33 heavy (non-hydrogen) atoms. The summed E-state index contributed by atoms with van der Waals surface area (Å²) in [5.41, 5.74) is 0. The van der Waals surface area contributed by atoms with Crippen LogP contribution in [0.1, 0.15) is 39.0 Å². The second-order valence-corrected chi connectivity index (χ2v) is 7.08. The first-order valence-electron chi connectivity index (χ1n) is 10.9. The molecule has 0 aromatic rings. The number of carboxylic acid groups (broad SMARTS) is 2. The van der Waals surface area contributed by atoms with Crippen LogP contribution in [0.5, 0.6) is 0 Å². The molecule has 0 aromatic carbocycles. The number of hydrogen-bond donors (Lipinski definition) is 5. The van der Waals surface area contributed by atoms with Gasteiger partial charge in [0, 0.05) is 6.42 Å². The van der Waals surface area contributed by atoms with E-state index in [9.17, 15) is 24.9 Å². The third kappa shape index (κ3) is 18.5. The lowest BCUT2D eigenvalue weighted by Crippen LogP contribution is -2.33. The van der Waals surface area contributed by atoms with Gasteiger partial charge in [0.25, 0.3) is 0 Å². The van der Waals surface area contributed by atoms with Crippen molar-refractivity contribution in [3.05, 3.63) is 72.9 Å². The van der Waals surface area contributed by atoms with Crippen molar-refractivity contribution >= 4 is 11.9 Å². The van der Waals surface area contributed by atoms with E-state index in [0.29, 0.717) is 12.8 Å². The van der Waals surface area contributed by atoms with E-state index in [-0.39, 0.29) is 12.8 Å². The smallest absolute Gasteiger partial charge is 0.334 e. The Balaban J connectivity index is 4.75. The summed E-state index contributed by atoms with van der Waals surface area (Å²) in [5.74, 6) is -2.34. The van der Waals surface area contributed by atoms with Gasteiger partial charge in [0.1, 0.15) is 6.10 Å². The van der Waals surface area contributed by atoms with E-state index >= 15 is 0 Å². The van der Waals surface area contributed by atoms with Crippen LogP contribution >= 0.6 is 0 Å². The molecule has 8 heteroatoms. The Hall–Kier alpha value is -2.78. The Kier molecular flexibility index (Phi) is 18.2. The van der Waals surface area contributed by atoms with Crippen LogP contribution in [-0.4, -0.2) is 68.5 Å². The maximum absolute atomic E-state index is 10.8. The van der Waals surface area contributed by atoms with Gasteiger partial charge in [-0.3, -0.25) is 4.79 Å². The fourth-order valence-electron chi connectivity index (χ4n) is 2.37. The molecule has 0 rings (SSSR count). The zero-order valence-corrected chi connectivity index (χ0v) is 18.9. The van der Waals surface area contributed by atoms with Crippen molar-refractivity contribution in [2.75, 3.05) is 6.61 Å². The molecule has 0 heterocycles. The first-order valence-corrected chi connectivity index (χ1v) is 10.9. The van der Waals surface area contributed by atoms with Gasteiger partial charge in [0.05, 0.1) is 18.8 Å². The highest BCUT2D eigenvalue weighted by Gasteiger charge is 2.20. The minimum Gasteiger partial charge on any atom is -0.481 e. The topological polar surface area (TPSA) is 145 Å². The van der Waals surface area contributed by atoms with Crippen LogP contribution in [0.25, 0.3) is 0 Å². The van der Waals surface area contributed by atoms with Gasteiger partial charge in [0.2, 0.25) is 0 Å². The molecule has 0 bridgehead atoms. The third-order valence-electron chi connectivity index (χ3n) is 4.15. The standard InChI is InChI=1S/C25H36O8/c1-2-3-9-14-20(26)15-10-6-4-5-7-12-17-23(33-19-22(28)25(31)32)21(27)16-11-8-13-18-24(29)30/h3-12,15,17,20-23,26-28H,2,13-14,16,18-19H2,1H3,(H,29,30)(H,31,32)/b6-4-,7-5+,9-3-,11-8-,15-10+,17-12+. The number of ether oxygens (including phenoxy) is 1. The fourth-order valence-corrected chi connectivity index (χ4v) is 2.37. The normalized spacial score (nSPS) is 16.6. The number of hydrogen-bond acceptors (Lipinski definition) is 6. The maximum atomic E-state index is 10.8. The predicted molar refractivity (Wildman–Crippen MR) is 127 cm³/mol. The number of rotatable bonds is 18. The molecule has 5 N–H and O–H groups in total. The van der Waals surface area contributed by atoms with E-state index in [4.69, 9.17) is 14.9 Å². The molecular formula is C25H36O8. The van der Waals surface area contributed by atoms with Crippen LogP contribution in [0, 0.1) is 0 Å². The molecule has 0 spiro atoms. The summed E-state index contributed by atoms with van der Waals surface area (Å²) in [6.07, 6.45) is 18.5. The van der Waals surface area contributed by atoms with E-state index < -0.39 is 43.0 Å². The number of carboxylic acids is 2. The Morgan fingerprint density at radius 3 is 2.03 bits per heavy atom. The molecule has 0 amide bonds. The van der Waals surface area contributed by atoms with E-state index in [1.54, 1.807) is 54.7 Å². The van der Waals surface area contributed by atoms with Gasteiger partial charge < -0.3 is 30.3 Å². The summed E-state index contributed by atoms with van der Waals surface area (Å²) >= 11 is 0. The summed E-state index contributed by atoms with van der Waals surface area (Å²) in [5, 5.41) is 46.9. The zero-order valence-electron chi connectivity index (χ0n) is 18.9. The second kappa shape index (κ2) is 19.9. The van der Waals surface area contributed by atoms with Crippen molar-refractivity contribution in [1.29, 1.82) is 0 Å². The molecule has 4 atom stereocenters. The zero-order chi connectivity index (χ0) is 24.9. The summed E-state index contributed by atoms with van der Waals surface area (Å²) in [4.78, 5) is 21.3. The van der Waals surface area contributed by atoms with Crippen molar-refractivity contribution in [3.63, 3.8) is 0 Å². The lowest BCUT2D eigenvalue weighted by Gasteiger charge is -2.20. The van der Waals surface area contributed by atoms with Crippen LogP contribution in [0.3, 0.4) is 0 Å². The van der Waals surface area contributed by atoms with Crippen molar-refractivity contribution in [3.8, 4) is 0 Å². The van der Waals surface area contributed by atoms with E-state index in [0.717, 1.165) is 6.42 Å². The molecule has 8 nitrogen and oxygen atoms in total. The quantitative estimate of drug-likeness (QED) is 0.154. The fraction of sp³-hybridized carbons (Fsp3) is 0.440. The number of aliphatic carboxylic acids is 2. The molecule has 0 saturated carbocycles. The molecule has 0 aliphatic carbocycles. The van der Waals surface area contributed by atoms with E-state index in [1.807, 2.05) is 19.1 Å². The molecule has 0 saturated heterocycles. The van der Waals surface area contributed by atoms with Crippen molar-refractivity contribution in [1.82, 2.24) is 0 Å². The number of aliphatic hydroxyl groups excluding tert-OH is 3. The Morgan fingerprint density at radius 1 is 0.818 bits per heavy atom. The summed E-state index contributed by atoms with van der Waals surface area (Å²) in [7, 11) is 0. The molecule has 0 aliphatic heterocycles. The SMILES string of the molecule is CC/C=C\CC(O)/C=C/C=C\C=C\C=C\C(OCC(O)C(=O)O)C(O)C/C=C\CCC(=O)O. The largest absolute Gasteiger partial charge is 0.481 e. The van der Waals surface area contributed by atoms with Gasteiger partial charge in [-0.1, -0.05) is 79.8 Å². The second-order valence-electron chi connectivity index (χ2n) is 7.08. The van der Waals surface area contributed by atoms with Crippen LogP contribution in [0.15, 0.2) is 72.9 Å². The Morgan fingerprint density at radius 2 is 1.42 bits per heavy atom. The van der Waals surface area contributed by atoms with Gasteiger partial charge in [-0.2, -0.15) is 0 Å². The predicted octanol–water partition coefficient (Wildman–Crippen LogP) is 2.93. The van der Waals surface area contributed by atoms with E-state index in [1.165, 1.54) is 6.08 Å². The van der Waals surface area contributed by atoms with Crippen LogP contribution in [-0.2, 0) is 14.3 Å². The highest BCUT2D eigenvalue weighted by Crippen LogP contribution is 2.09. The molecule has 184 valence electrons. The summed E-state index contributed by atoms with van der Waals surface area (Å²) in [6, 6.07) is 0. The van der Waals surface area contributed by atoms with Crippen LogP contribution < -0.4 is 0 Å². The van der Waals surface area contributed by atoms with Crippen molar-refractivity contribution < 1.29 is 39.9 Å². The minimum atomic E-state index is -1.71. The highest BCUT2D eigenvalue weighted by molar-refractivity contribution is 5.72. The van der Waals surface area contributed by atoms with E-state index in [2.05, 4.69) is 0 Å². The van der Waals surface area contributed by atoms with Crippen LogP contribution in [0.2, 0.25) is 0 Å². The van der Waals surface area contributed by atoms with Gasteiger partial charge in [0.15, 0.2) is 6.10 Å². The minimum absolute atomic E-state index is 0.0143. The number of allylic oxidation sites excluding steroid dienone is 8. The first kappa shape index (κ1) is 30.2. The van der Waals surface area contributed by atoms with Gasteiger partial charge in [-0.05, 0) is 25.7 Å². The van der Waals surface area contributed by atoms with Crippen molar-refractivity contribution in [2.45, 2.75) is 63.4 Å². The monoisotopic (exact) mass is 464 g/mol. The van der Waals surface area contributed by atoms with Crippen LogP contribution in [0.4, 0.5) is 0 Å². The molecule has 4 unspecified atom stereocenters. The third-order valence-corrected chi connectivity index (χ3v) is 4.15. The Labute approximate surface area is 195 Å². The first-order chi connectivity index (χ1) is 15.8. The number of carbonyl (C=O) groups is 2. The summed E-state index contributed by atoms with van der Waals surface area (Å²) in [6.45, 7) is 1.53. The molecule has 0 aliphatic rings. The Bertz CT molecular complexity index is 718. The molecule has 0 aromatic heterocycles. The maximum Gasteiger partial charge on any atom is 0.334 e. The number of aliphatic hydroxyl groups is 3. The average Bonchev–Trinajstić information content (AvgIpc) is 2.76. The highest BCUT2D eigenvalue weighted by atomic mass is 16.5. The molecular weight excluding hydrogens is 428 g/mol. The summed E-state index contributed by atoms with van der Waals surface area (Å²) < 4.78 is 5.34. The lowest BCUT2D eigenvalue weighted by molar-refractivity contribution is -0.151. The average molecular weight is 465 g/mol. The van der Waals surface area contributed by atoms with Crippen molar-refractivity contribution in [2.24, 2.45) is 0 Å². The van der Waals surface area contributed by atoms with Gasteiger partial charge in [-0.15, -0.1) is 0 Å².